The van der Waals surface area contributed by atoms with E-state index in [4.69, 9.17) is 4.42 Å². The van der Waals surface area contributed by atoms with Crippen molar-refractivity contribution in [2.45, 2.75) is 32.6 Å². The van der Waals surface area contributed by atoms with Gasteiger partial charge in [0.2, 0.25) is 5.78 Å². The van der Waals surface area contributed by atoms with E-state index >= 15 is 0 Å². The second-order valence-corrected chi connectivity index (χ2v) is 5.06. The Morgan fingerprint density at radius 3 is 2.95 bits per heavy atom. The minimum atomic E-state index is -0.0425. The van der Waals surface area contributed by atoms with Crippen LogP contribution in [0.5, 0.6) is 0 Å². The molecule has 0 spiro atoms. The Morgan fingerprint density at radius 2 is 2.25 bits per heavy atom. The van der Waals surface area contributed by atoms with Gasteiger partial charge in [0.05, 0.1) is 5.69 Å². The van der Waals surface area contributed by atoms with E-state index in [9.17, 15) is 4.79 Å². The van der Waals surface area contributed by atoms with E-state index in [2.05, 4.69) is 11.9 Å². The lowest BCUT2D eigenvalue weighted by Gasteiger charge is -2.03. The zero-order valence-corrected chi connectivity index (χ0v) is 12.3. The zero-order valence-electron chi connectivity index (χ0n) is 12.3. The average Bonchev–Trinajstić information content (AvgIpc) is 2.96. The number of allylic oxidation sites excluding steroid dienone is 1. The highest BCUT2D eigenvalue weighted by molar-refractivity contribution is 6.04. The summed E-state index contributed by atoms with van der Waals surface area (Å²) in [6, 6.07) is 0. The number of nitrogens with zero attached hydrogens (tertiary/aromatic N) is 3. The number of fused-ring (bicyclic) bond motifs is 1. The molecule has 0 atom stereocenters. The fraction of sp³-hybridized carbons (Fsp3) is 0.467. The third kappa shape index (κ3) is 3.10. The van der Waals surface area contributed by atoms with Crippen LogP contribution in [0.1, 0.15) is 42.4 Å². The molecule has 20 heavy (non-hydrogen) atoms. The summed E-state index contributed by atoms with van der Waals surface area (Å²) >= 11 is 0. The summed E-state index contributed by atoms with van der Waals surface area (Å²) in [5.74, 6) is 0.442. The van der Waals surface area contributed by atoms with Crippen LogP contribution in [0.2, 0.25) is 0 Å². The molecule has 0 unspecified atom stereocenters. The summed E-state index contributed by atoms with van der Waals surface area (Å²) in [4.78, 5) is 18.6. The lowest BCUT2D eigenvalue weighted by Crippen LogP contribution is -2.07. The number of hydrogen-bond acceptors (Lipinski definition) is 4. The number of rotatable bonds is 7. The first-order chi connectivity index (χ1) is 9.63. The van der Waals surface area contributed by atoms with Crippen LogP contribution in [0.15, 0.2) is 29.2 Å². The number of carbonyl (C=O) groups excluding carboxylic acids is 1. The molecular weight excluding hydrogens is 254 g/mol. The van der Waals surface area contributed by atoms with E-state index < -0.39 is 0 Å². The SMILES string of the molecule is CCCCCc1nc2occn2c1C(=O)/C=C/N(C)C. The highest BCUT2D eigenvalue weighted by Crippen LogP contribution is 2.17. The molecule has 0 saturated carbocycles. The van der Waals surface area contributed by atoms with Gasteiger partial charge in [-0.25, -0.2) is 0 Å². The summed E-state index contributed by atoms with van der Waals surface area (Å²) < 4.78 is 7.01. The number of aryl methyl sites for hydroxylation is 1. The van der Waals surface area contributed by atoms with Crippen LogP contribution in [0, 0.1) is 0 Å². The van der Waals surface area contributed by atoms with E-state index in [1.807, 2.05) is 19.0 Å². The van der Waals surface area contributed by atoms with Crippen molar-refractivity contribution in [3.05, 3.63) is 36.1 Å². The fourth-order valence-corrected chi connectivity index (χ4v) is 2.10. The van der Waals surface area contributed by atoms with Gasteiger partial charge in [-0.05, 0) is 12.8 Å². The van der Waals surface area contributed by atoms with Gasteiger partial charge < -0.3 is 9.32 Å². The first-order valence-electron chi connectivity index (χ1n) is 6.97. The monoisotopic (exact) mass is 275 g/mol. The van der Waals surface area contributed by atoms with E-state index in [-0.39, 0.29) is 5.78 Å². The van der Waals surface area contributed by atoms with Gasteiger partial charge >= 0.3 is 5.84 Å². The lowest BCUT2D eigenvalue weighted by atomic mass is 10.1. The summed E-state index contributed by atoms with van der Waals surface area (Å²) in [6.07, 6.45) is 10.7. The molecule has 0 aliphatic carbocycles. The van der Waals surface area contributed by atoms with Crippen molar-refractivity contribution < 1.29 is 9.21 Å². The first kappa shape index (κ1) is 14.4. The molecule has 0 amide bonds. The predicted molar refractivity (Wildman–Crippen MR) is 77.8 cm³/mol. The molecule has 5 heteroatoms. The fourth-order valence-electron chi connectivity index (χ4n) is 2.10. The Balaban J connectivity index is 2.30. The van der Waals surface area contributed by atoms with Crippen molar-refractivity contribution in [1.29, 1.82) is 0 Å². The second kappa shape index (κ2) is 6.41. The molecule has 0 aliphatic heterocycles. The number of hydrogen-bond donors (Lipinski definition) is 0. The summed E-state index contributed by atoms with van der Waals surface area (Å²) in [6.45, 7) is 2.16. The van der Waals surface area contributed by atoms with Crippen LogP contribution < -0.4 is 0 Å². The molecule has 0 N–H and O–H groups in total. The number of carbonyl (C=O) groups is 1. The Hall–Kier alpha value is -2.04. The molecule has 0 bridgehead atoms. The van der Waals surface area contributed by atoms with Gasteiger partial charge in [0.1, 0.15) is 12.0 Å². The average molecular weight is 275 g/mol. The third-order valence-electron chi connectivity index (χ3n) is 3.11. The van der Waals surface area contributed by atoms with Crippen LogP contribution in [-0.4, -0.2) is 34.2 Å². The van der Waals surface area contributed by atoms with E-state index in [1.54, 1.807) is 29.1 Å². The number of aromatic nitrogens is 2. The van der Waals surface area contributed by atoms with Crippen molar-refractivity contribution in [3.8, 4) is 0 Å². The predicted octanol–water partition coefficient (Wildman–Crippen LogP) is 2.92. The normalized spacial score (nSPS) is 11.6. The van der Waals surface area contributed by atoms with Crippen molar-refractivity contribution in [3.63, 3.8) is 0 Å². The van der Waals surface area contributed by atoms with Gasteiger partial charge in [0.15, 0.2) is 0 Å². The van der Waals surface area contributed by atoms with Crippen LogP contribution in [0.25, 0.3) is 5.84 Å². The van der Waals surface area contributed by atoms with Crippen molar-refractivity contribution >= 4 is 11.6 Å². The largest absolute Gasteiger partial charge is 0.432 e. The second-order valence-electron chi connectivity index (χ2n) is 5.06. The van der Waals surface area contributed by atoms with Crippen molar-refractivity contribution in [2.24, 2.45) is 0 Å². The molecule has 0 aromatic carbocycles. The topological polar surface area (TPSA) is 50.8 Å². The summed E-state index contributed by atoms with van der Waals surface area (Å²) in [5.41, 5.74) is 1.44. The maximum atomic E-state index is 12.4. The Labute approximate surface area is 118 Å². The number of oxazole rings is 1. The number of ketones is 1. The minimum absolute atomic E-state index is 0.0425. The van der Waals surface area contributed by atoms with Crippen LogP contribution in [0.4, 0.5) is 0 Å². The van der Waals surface area contributed by atoms with Crippen molar-refractivity contribution in [1.82, 2.24) is 14.3 Å². The maximum absolute atomic E-state index is 12.4. The van der Waals surface area contributed by atoms with Crippen molar-refractivity contribution in [2.75, 3.05) is 14.1 Å². The molecule has 108 valence electrons. The molecule has 0 aliphatic rings. The lowest BCUT2D eigenvalue weighted by molar-refractivity contribution is 0.103. The van der Waals surface area contributed by atoms with Gasteiger partial charge in [-0.15, -0.1) is 0 Å². The van der Waals surface area contributed by atoms with Crippen LogP contribution >= 0.6 is 0 Å². The van der Waals surface area contributed by atoms with Crippen LogP contribution in [0.3, 0.4) is 0 Å². The van der Waals surface area contributed by atoms with Gasteiger partial charge in [-0.1, -0.05) is 19.8 Å². The Bertz CT molecular complexity index is 608. The number of imidazole rings is 1. The molecule has 0 fully saturated rings. The molecular formula is C15H21N3O2. The van der Waals surface area contributed by atoms with Gasteiger partial charge in [-0.3, -0.25) is 9.20 Å². The minimum Gasteiger partial charge on any atom is -0.432 e. The van der Waals surface area contributed by atoms with Crippen LogP contribution in [-0.2, 0) is 6.42 Å². The zero-order chi connectivity index (χ0) is 14.5. The highest BCUT2D eigenvalue weighted by Gasteiger charge is 2.18. The Morgan fingerprint density at radius 1 is 1.45 bits per heavy atom. The molecule has 2 aromatic heterocycles. The third-order valence-corrected chi connectivity index (χ3v) is 3.11. The summed E-state index contributed by atoms with van der Waals surface area (Å²) in [5, 5.41) is 0. The molecule has 5 nitrogen and oxygen atoms in total. The molecule has 2 rings (SSSR count). The molecule has 0 saturated heterocycles. The smallest absolute Gasteiger partial charge is 0.306 e. The first-order valence-corrected chi connectivity index (χ1v) is 6.97. The summed E-state index contributed by atoms with van der Waals surface area (Å²) in [7, 11) is 3.77. The Kier molecular flexibility index (Phi) is 4.61. The van der Waals surface area contributed by atoms with Gasteiger partial charge in [0.25, 0.3) is 0 Å². The molecule has 0 radical (unpaired) electrons. The van der Waals surface area contributed by atoms with E-state index in [0.29, 0.717) is 11.5 Å². The molecule has 2 aromatic rings. The maximum Gasteiger partial charge on any atom is 0.306 e. The standard InChI is InChI=1S/C15H21N3O2/c1-4-5-6-7-12-14(13(19)8-9-17(2)3)18-10-11-20-15(18)16-12/h8-11H,4-7H2,1-3H3/b9-8+. The van der Waals surface area contributed by atoms with E-state index in [1.165, 1.54) is 0 Å². The molecule has 2 heterocycles. The quantitative estimate of drug-likeness (QED) is 0.443. The van der Waals surface area contributed by atoms with Gasteiger partial charge in [0, 0.05) is 32.6 Å². The highest BCUT2D eigenvalue weighted by atomic mass is 16.3. The number of unbranched alkanes of at least 4 members (excludes halogenated alkanes) is 2. The van der Waals surface area contributed by atoms with Gasteiger partial charge in [-0.2, -0.15) is 4.98 Å². The van der Waals surface area contributed by atoms with E-state index in [0.717, 1.165) is 31.4 Å².